The van der Waals surface area contributed by atoms with Crippen LogP contribution in [0, 0.1) is 5.82 Å². The van der Waals surface area contributed by atoms with E-state index < -0.39 is 22.9 Å². The summed E-state index contributed by atoms with van der Waals surface area (Å²) in [4.78, 5) is 24.4. The number of hydrogen-bond donors (Lipinski definition) is 2. The highest BCUT2D eigenvalue weighted by atomic mass is 79.9. The maximum atomic E-state index is 13.3. The second-order valence-electron chi connectivity index (χ2n) is 3.30. The smallest absolute Gasteiger partial charge is 0.336 e. The molecule has 0 unspecified atom stereocenters. The van der Waals surface area contributed by atoms with Gasteiger partial charge in [-0.15, -0.1) is 0 Å². The fraction of sp³-hybridized carbons (Fsp3) is 0. The van der Waals surface area contributed by atoms with Gasteiger partial charge in [-0.3, -0.25) is 9.78 Å². The molecule has 0 spiro atoms. The minimum absolute atomic E-state index is 0.190. The molecule has 1 aromatic heterocycles. The van der Waals surface area contributed by atoms with E-state index in [0.29, 0.717) is 13.5 Å². The van der Waals surface area contributed by atoms with Gasteiger partial charge < -0.3 is 5.11 Å². The highest BCUT2D eigenvalue weighted by Gasteiger charge is 2.18. The SMILES string of the molecule is O=c1[nH]c(=O)n(-c2c(Br)cccc2Br)c(O)c1F. The van der Waals surface area contributed by atoms with E-state index in [1.165, 1.54) is 0 Å². The van der Waals surface area contributed by atoms with Gasteiger partial charge in [0.2, 0.25) is 11.7 Å². The monoisotopic (exact) mass is 378 g/mol. The number of benzene rings is 1. The Morgan fingerprint density at radius 3 is 2.33 bits per heavy atom. The molecule has 2 rings (SSSR count). The molecule has 0 aliphatic heterocycles. The molecule has 94 valence electrons. The molecule has 0 atom stereocenters. The van der Waals surface area contributed by atoms with Crippen molar-refractivity contribution in [2.75, 3.05) is 0 Å². The summed E-state index contributed by atoms with van der Waals surface area (Å²) in [5, 5.41) is 9.59. The Bertz CT molecular complexity index is 719. The molecule has 0 saturated carbocycles. The first-order valence-electron chi connectivity index (χ1n) is 4.61. The Morgan fingerprint density at radius 2 is 1.78 bits per heavy atom. The van der Waals surface area contributed by atoms with Gasteiger partial charge in [-0.2, -0.15) is 4.39 Å². The minimum atomic E-state index is -1.42. The molecule has 0 aliphatic carbocycles. The number of aromatic hydroxyl groups is 1. The zero-order valence-corrected chi connectivity index (χ0v) is 11.7. The molecule has 2 N–H and O–H groups in total. The summed E-state index contributed by atoms with van der Waals surface area (Å²) in [6, 6.07) is 4.89. The van der Waals surface area contributed by atoms with Crippen molar-refractivity contribution >= 4 is 31.9 Å². The molecule has 1 heterocycles. The fourth-order valence-corrected chi connectivity index (χ4v) is 2.77. The summed E-state index contributed by atoms with van der Waals surface area (Å²) in [6.45, 7) is 0. The standard InChI is InChI=1S/C10H5Br2FN2O3/c11-4-2-1-3-5(12)7(4)15-9(17)6(13)8(16)14-10(15)18/h1-3,17H,(H,14,16,18). The van der Waals surface area contributed by atoms with E-state index in [-0.39, 0.29) is 5.69 Å². The van der Waals surface area contributed by atoms with E-state index in [1.54, 1.807) is 23.2 Å². The van der Waals surface area contributed by atoms with E-state index in [1.807, 2.05) is 0 Å². The topological polar surface area (TPSA) is 75.1 Å². The lowest BCUT2D eigenvalue weighted by Crippen LogP contribution is -2.31. The van der Waals surface area contributed by atoms with Gasteiger partial charge in [-0.1, -0.05) is 6.07 Å². The molecular formula is C10H5Br2FN2O3. The van der Waals surface area contributed by atoms with Crippen LogP contribution in [0.2, 0.25) is 0 Å². The number of nitrogens with zero attached hydrogens (tertiary/aromatic N) is 1. The van der Waals surface area contributed by atoms with Crippen LogP contribution in [0.4, 0.5) is 4.39 Å². The predicted molar refractivity (Wildman–Crippen MR) is 69.7 cm³/mol. The van der Waals surface area contributed by atoms with Crippen LogP contribution in [-0.2, 0) is 0 Å². The summed E-state index contributed by atoms with van der Waals surface area (Å²) >= 11 is 6.36. The Hall–Kier alpha value is -1.41. The molecule has 0 saturated heterocycles. The van der Waals surface area contributed by atoms with Crippen molar-refractivity contribution < 1.29 is 9.50 Å². The highest BCUT2D eigenvalue weighted by molar-refractivity contribution is 9.11. The summed E-state index contributed by atoms with van der Waals surface area (Å²) < 4.78 is 14.9. The number of hydrogen-bond acceptors (Lipinski definition) is 3. The number of aromatic nitrogens is 2. The maximum absolute atomic E-state index is 13.3. The number of H-pyrrole nitrogens is 1. The Balaban J connectivity index is 2.93. The Labute approximate surface area is 116 Å². The van der Waals surface area contributed by atoms with Gasteiger partial charge in [0.25, 0.3) is 5.56 Å². The first-order chi connectivity index (χ1) is 8.43. The quantitative estimate of drug-likeness (QED) is 0.794. The second kappa shape index (κ2) is 4.69. The predicted octanol–water partition coefficient (Wildman–Crippen LogP) is 1.90. The van der Waals surface area contributed by atoms with Crippen molar-refractivity contribution in [2.24, 2.45) is 0 Å². The summed E-state index contributed by atoms with van der Waals surface area (Å²) in [7, 11) is 0. The van der Waals surface area contributed by atoms with Crippen LogP contribution in [0.1, 0.15) is 0 Å². The molecule has 0 amide bonds. The molecule has 2 aromatic rings. The lowest BCUT2D eigenvalue weighted by Gasteiger charge is -2.11. The molecule has 1 aromatic carbocycles. The van der Waals surface area contributed by atoms with Crippen LogP contribution >= 0.6 is 31.9 Å². The lowest BCUT2D eigenvalue weighted by atomic mass is 10.3. The largest absolute Gasteiger partial charge is 0.492 e. The Morgan fingerprint density at radius 1 is 1.22 bits per heavy atom. The van der Waals surface area contributed by atoms with E-state index in [0.717, 1.165) is 0 Å². The van der Waals surface area contributed by atoms with Gasteiger partial charge in [0.15, 0.2) is 0 Å². The molecular weight excluding hydrogens is 375 g/mol. The van der Waals surface area contributed by atoms with Crippen molar-refractivity contribution in [3.8, 4) is 11.6 Å². The summed E-state index contributed by atoms with van der Waals surface area (Å²) in [5.41, 5.74) is -2.02. The first-order valence-corrected chi connectivity index (χ1v) is 6.20. The van der Waals surface area contributed by atoms with E-state index >= 15 is 0 Å². The van der Waals surface area contributed by atoms with E-state index in [4.69, 9.17) is 0 Å². The van der Waals surface area contributed by atoms with Gasteiger partial charge in [-0.25, -0.2) is 9.36 Å². The first kappa shape index (κ1) is 13.0. The minimum Gasteiger partial charge on any atom is -0.492 e. The normalized spacial score (nSPS) is 10.6. The highest BCUT2D eigenvalue weighted by Crippen LogP contribution is 2.30. The third kappa shape index (κ3) is 2.01. The number of halogens is 3. The third-order valence-corrected chi connectivity index (χ3v) is 3.47. The summed E-state index contributed by atoms with van der Waals surface area (Å²) in [5.74, 6) is -2.46. The molecule has 0 bridgehead atoms. The third-order valence-electron chi connectivity index (χ3n) is 2.19. The number of nitrogens with one attached hydrogen (secondary N) is 1. The van der Waals surface area contributed by atoms with E-state index in [9.17, 15) is 19.1 Å². The zero-order chi connectivity index (χ0) is 13.4. The Kier molecular flexibility index (Phi) is 3.40. The van der Waals surface area contributed by atoms with Crippen molar-refractivity contribution in [2.45, 2.75) is 0 Å². The maximum Gasteiger partial charge on any atom is 0.336 e. The molecule has 5 nitrogen and oxygen atoms in total. The van der Waals surface area contributed by atoms with Crippen molar-refractivity contribution in [3.05, 3.63) is 53.8 Å². The zero-order valence-electron chi connectivity index (χ0n) is 8.58. The van der Waals surface area contributed by atoms with Crippen molar-refractivity contribution in [1.29, 1.82) is 0 Å². The average molecular weight is 380 g/mol. The lowest BCUT2D eigenvalue weighted by molar-refractivity contribution is 0.385. The average Bonchev–Trinajstić information content (AvgIpc) is 2.30. The molecule has 0 fully saturated rings. The number of rotatable bonds is 1. The van der Waals surface area contributed by atoms with Gasteiger partial charge in [0, 0.05) is 8.95 Å². The van der Waals surface area contributed by atoms with Gasteiger partial charge >= 0.3 is 5.69 Å². The van der Waals surface area contributed by atoms with Crippen LogP contribution in [0.5, 0.6) is 5.88 Å². The molecule has 18 heavy (non-hydrogen) atoms. The second-order valence-corrected chi connectivity index (χ2v) is 5.01. The van der Waals surface area contributed by atoms with Gasteiger partial charge in [-0.05, 0) is 44.0 Å². The molecule has 0 radical (unpaired) electrons. The van der Waals surface area contributed by atoms with Crippen molar-refractivity contribution in [3.63, 3.8) is 0 Å². The molecule has 8 heteroatoms. The van der Waals surface area contributed by atoms with E-state index in [2.05, 4.69) is 31.9 Å². The van der Waals surface area contributed by atoms with Crippen LogP contribution in [-0.4, -0.2) is 14.7 Å². The van der Waals surface area contributed by atoms with Crippen LogP contribution in [0.25, 0.3) is 5.69 Å². The van der Waals surface area contributed by atoms with Gasteiger partial charge in [0.05, 0.1) is 5.69 Å². The van der Waals surface area contributed by atoms with Gasteiger partial charge in [0.1, 0.15) is 0 Å². The van der Waals surface area contributed by atoms with Crippen LogP contribution < -0.4 is 11.2 Å². The van der Waals surface area contributed by atoms with Crippen molar-refractivity contribution in [1.82, 2.24) is 9.55 Å². The van der Waals surface area contributed by atoms with Crippen LogP contribution in [0.3, 0.4) is 0 Å². The summed E-state index contributed by atoms with van der Waals surface area (Å²) in [6.07, 6.45) is 0. The number of para-hydroxylation sites is 1. The molecule has 0 aliphatic rings. The number of aromatic amines is 1. The fourth-order valence-electron chi connectivity index (χ4n) is 1.41. The van der Waals surface area contributed by atoms with Crippen LogP contribution in [0.15, 0.2) is 36.7 Å².